The summed E-state index contributed by atoms with van der Waals surface area (Å²) in [7, 11) is 0. The van der Waals surface area contributed by atoms with Crippen molar-refractivity contribution < 1.29 is 0 Å². The van der Waals surface area contributed by atoms with Crippen molar-refractivity contribution in [3.63, 3.8) is 0 Å². The maximum Gasteiger partial charge on any atom is 0.0979 e. The van der Waals surface area contributed by atoms with Crippen LogP contribution in [-0.4, -0.2) is 9.97 Å². The van der Waals surface area contributed by atoms with Crippen LogP contribution in [0.2, 0.25) is 0 Å². The van der Waals surface area contributed by atoms with Crippen LogP contribution in [0.25, 0.3) is 142 Å². The van der Waals surface area contributed by atoms with E-state index in [1.54, 1.807) is 0 Å². The molecule has 14 aromatic rings. The van der Waals surface area contributed by atoms with E-state index in [0.29, 0.717) is 0 Å². The molecule has 73 heavy (non-hydrogen) atoms. The van der Waals surface area contributed by atoms with Gasteiger partial charge in [-0.15, -0.1) is 11.3 Å². The van der Waals surface area contributed by atoms with Gasteiger partial charge in [0.1, 0.15) is 0 Å². The molecule has 0 aliphatic rings. The minimum atomic E-state index is 0.834. The molecule has 0 fully saturated rings. The second-order valence-corrected chi connectivity index (χ2v) is 19.9. The molecule has 0 atom stereocenters. The number of hydrogen-bond donors (Lipinski definition) is 0. The topological polar surface area (TPSA) is 25.8 Å². The Labute approximate surface area is 427 Å². The summed E-state index contributed by atoms with van der Waals surface area (Å²) in [5, 5.41) is 7.01. The van der Waals surface area contributed by atoms with Gasteiger partial charge in [0.25, 0.3) is 0 Å². The van der Waals surface area contributed by atoms with Crippen molar-refractivity contribution >= 4 is 64.1 Å². The van der Waals surface area contributed by atoms with Crippen LogP contribution in [-0.2, 0) is 0 Å². The number of aromatic nitrogens is 2. The highest BCUT2D eigenvalue weighted by atomic mass is 32.1. The van der Waals surface area contributed by atoms with Crippen LogP contribution in [0, 0.1) is 0 Å². The van der Waals surface area contributed by atoms with Crippen LogP contribution < -0.4 is 0 Å². The standard InChI is InChI=1S/C70H44N2S/c1-5-16-45(17-6-1)49-24-13-26-51(36-49)55-32-35-67-62(39-55)65-43-58(52-27-14-25-50(37-52)46-18-7-2-8-19-46)42-61(70(65)73-67)56-28-15-29-57(38-56)66-44-71-68-63-40-53(47-20-9-3-10-21-47)30-33-59(63)60-34-31-54(41-64(60)69(68)72-66)48-22-11-4-12-23-48/h1-44H. The third-order valence-electron chi connectivity index (χ3n) is 14.5. The largest absolute Gasteiger partial charge is 0.252 e. The number of fused-ring (bicyclic) bond motifs is 9. The van der Waals surface area contributed by atoms with Gasteiger partial charge >= 0.3 is 0 Å². The van der Waals surface area contributed by atoms with E-state index in [0.717, 1.165) is 55.1 Å². The summed E-state index contributed by atoms with van der Waals surface area (Å²) in [4.78, 5) is 10.9. The summed E-state index contributed by atoms with van der Waals surface area (Å²) in [5.74, 6) is 0. The van der Waals surface area contributed by atoms with Crippen LogP contribution in [0.15, 0.2) is 267 Å². The molecular weight excluding hydrogens is 901 g/mol. The Hall–Kier alpha value is -9.28. The fourth-order valence-corrected chi connectivity index (χ4v) is 12.0. The number of nitrogens with zero attached hydrogens (tertiary/aromatic N) is 2. The quantitative estimate of drug-likeness (QED) is 0.142. The van der Waals surface area contributed by atoms with Gasteiger partial charge in [0.05, 0.1) is 22.9 Å². The summed E-state index contributed by atoms with van der Waals surface area (Å²) in [5.41, 5.74) is 20.2. The van der Waals surface area contributed by atoms with Crippen molar-refractivity contribution in [1.29, 1.82) is 0 Å². The summed E-state index contributed by atoms with van der Waals surface area (Å²) in [6, 6.07) is 94.7. The molecule has 0 bridgehead atoms. The lowest BCUT2D eigenvalue weighted by Gasteiger charge is -2.14. The van der Waals surface area contributed by atoms with Gasteiger partial charge in [0.15, 0.2) is 0 Å². The van der Waals surface area contributed by atoms with Crippen LogP contribution in [0.4, 0.5) is 0 Å². The van der Waals surface area contributed by atoms with Crippen LogP contribution in [0.1, 0.15) is 0 Å². The van der Waals surface area contributed by atoms with Crippen LogP contribution >= 0.6 is 11.3 Å². The van der Waals surface area contributed by atoms with E-state index >= 15 is 0 Å². The smallest absolute Gasteiger partial charge is 0.0979 e. The van der Waals surface area contributed by atoms with Gasteiger partial charge in [-0.3, -0.25) is 4.98 Å². The van der Waals surface area contributed by atoms with E-state index in [1.165, 1.54) is 86.8 Å². The third-order valence-corrected chi connectivity index (χ3v) is 15.7. The molecule has 2 heterocycles. The van der Waals surface area contributed by atoms with Gasteiger partial charge in [-0.05, 0) is 138 Å². The lowest BCUT2D eigenvalue weighted by Crippen LogP contribution is -1.94. The van der Waals surface area contributed by atoms with Crippen LogP contribution in [0.3, 0.4) is 0 Å². The van der Waals surface area contributed by atoms with Gasteiger partial charge in [0.2, 0.25) is 0 Å². The Morgan fingerprint density at radius 3 is 1.21 bits per heavy atom. The Morgan fingerprint density at radius 1 is 0.247 bits per heavy atom. The number of benzene rings is 12. The predicted molar refractivity (Wildman–Crippen MR) is 311 cm³/mol. The number of hydrogen-bond acceptors (Lipinski definition) is 3. The lowest BCUT2D eigenvalue weighted by atomic mass is 9.92. The SMILES string of the molecule is c1ccc(-c2cccc(-c3ccc4sc5c(-c6cccc(-c7cnc8c9cc(-c%10ccccc%10)ccc9c9ccc(-c%10ccccc%10)cc9c8n7)c6)cc(-c6cccc(-c7ccccc7)c6)cc5c4c3)c2)cc1. The fourth-order valence-electron chi connectivity index (χ4n) is 10.8. The predicted octanol–water partition coefficient (Wildman–Crippen LogP) is 19.6. The summed E-state index contributed by atoms with van der Waals surface area (Å²) >= 11 is 1.87. The van der Waals surface area contributed by atoms with Crippen molar-refractivity contribution in [2.45, 2.75) is 0 Å². The van der Waals surface area contributed by atoms with Gasteiger partial charge in [-0.2, -0.15) is 0 Å². The highest BCUT2D eigenvalue weighted by molar-refractivity contribution is 7.26. The molecule has 0 radical (unpaired) electrons. The molecule has 14 rings (SSSR count). The van der Waals surface area contributed by atoms with E-state index in [-0.39, 0.29) is 0 Å². The van der Waals surface area contributed by atoms with Crippen molar-refractivity contribution in [1.82, 2.24) is 9.97 Å². The summed E-state index contributed by atoms with van der Waals surface area (Å²) < 4.78 is 2.52. The molecule has 0 unspecified atom stereocenters. The minimum Gasteiger partial charge on any atom is -0.252 e. The third kappa shape index (κ3) is 7.75. The Balaban J connectivity index is 0.948. The summed E-state index contributed by atoms with van der Waals surface area (Å²) in [6.07, 6.45) is 1.97. The average molecular weight is 945 g/mol. The molecule has 0 amide bonds. The number of thiophene rings is 1. The zero-order chi connectivity index (χ0) is 48.2. The monoisotopic (exact) mass is 944 g/mol. The first-order valence-electron chi connectivity index (χ1n) is 24.9. The molecule has 3 heteroatoms. The highest BCUT2D eigenvalue weighted by Gasteiger charge is 2.19. The maximum atomic E-state index is 5.60. The van der Waals surface area contributed by atoms with Gasteiger partial charge in [0, 0.05) is 42.1 Å². The van der Waals surface area contributed by atoms with Crippen LogP contribution in [0.5, 0.6) is 0 Å². The first-order chi connectivity index (χ1) is 36.1. The minimum absolute atomic E-state index is 0.834. The normalized spacial score (nSPS) is 11.6. The first kappa shape index (κ1) is 42.6. The lowest BCUT2D eigenvalue weighted by molar-refractivity contribution is 1.31. The van der Waals surface area contributed by atoms with Crippen molar-refractivity contribution in [3.8, 4) is 89.1 Å². The van der Waals surface area contributed by atoms with E-state index in [1.807, 2.05) is 17.5 Å². The molecule has 2 nitrogen and oxygen atoms in total. The van der Waals surface area contributed by atoms with Crippen molar-refractivity contribution in [2.75, 3.05) is 0 Å². The van der Waals surface area contributed by atoms with Gasteiger partial charge in [-0.25, -0.2) is 4.98 Å². The molecule has 0 aliphatic carbocycles. The maximum absolute atomic E-state index is 5.60. The molecule has 0 saturated carbocycles. The second kappa shape index (κ2) is 17.8. The first-order valence-corrected chi connectivity index (χ1v) is 25.7. The zero-order valence-corrected chi connectivity index (χ0v) is 40.5. The average Bonchev–Trinajstić information content (AvgIpc) is 3.86. The molecule has 0 N–H and O–H groups in total. The molecular formula is C70H44N2S. The molecule has 340 valence electrons. The Kier molecular flexibility index (Phi) is 10.4. The van der Waals surface area contributed by atoms with E-state index in [2.05, 4.69) is 261 Å². The fraction of sp³-hybridized carbons (Fsp3) is 0. The van der Waals surface area contributed by atoms with Gasteiger partial charge in [-0.1, -0.05) is 206 Å². The highest BCUT2D eigenvalue weighted by Crippen LogP contribution is 2.46. The van der Waals surface area contributed by atoms with Gasteiger partial charge < -0.3 is 0 Å². The second-order valence-electron chi connectivity index (χ2n) is 18.9. The van der Waals surface area contributed by atoms with E-state index in [4.69, 9.17) is 9.97 Å². The molecule has 0 aliphatic heterocycles. The summed E-state index contributed by atoms with van der Waals surface area (Å²) in [6.45, 7) is 0. The molecule has 12 aromatic carbocycles. The van der Waals surface area contributed by atoms with E-state index < -0.39 is 0 Å². The molecule has 0 spiro atoms. The van der Waals surface area contributed by atoms with Crippen molar-refractivity contribution in [2.24, 2.45) is 0 Å². The molecule has 2 aromatic heterocycles. The number of rotatable bonds is 8. The van der Waals surface area contributed by atoms with Crippen molar-refractivity contribution in [3.05, 3.63) is 267 Å². The Morgan fingerprint density at radius 2 is 0.644 bits per heavy atom. The zero-order valence-electron chi connectivity index (χ0n) is 39.7. The van der Waals surface area contributed by atoms with E-state index in [9.17, 15) is 0 Å². The molecule has 0 saturated heterocycles. The Bertz CT molecular complexity index is 4410.